The van der Waals surface area contributed by atoms with E-state index in [0.29, 0.717) is 12.6 Å². The van der Waals surface area contributed by atoms with Crippen LogP contribution in [-0.2, 0) is 4.79 Å². The third kappa shape index (κ3) is 30.7. The van der Waals surface area contributed by atoms with Gasteiger partial charge in [-0.2, -0.15) is 0 Å². The molecule has 2 unspecified atom stereocenters. The van der Waals surface area contributed by atoms with E-state index in [1.54, 1.807) is 0 Å². The maximum Gasteiger partial charge on any atom is 0.226 e. The number of unbranched alkanes of at least 4 members (excludes halogenated alkanes) is 34. The molecule has 1 aliphatic rings. The standard InChI is InChI=1S/C46H91N3O/c1-4-6-8-10-12-14-16-18-20-22-23-25-26-28-30-32-34-36-38-40-45-47-42-43-49(45)44(3)48-46(50)41-39-37-35-33-31-29-27-24-21-19-17-15-13-11-9-7-5-2/h43-45,47H,4-42H2,1-3H3/p+1. The summed E-state index contributed by atoms with van der Waals surface area (Å²) in [6.45, 7) is 7.67. The van der Waals surface area contributed by atoms with Crippen LogP contribution in [0.15, 0.2) is 0 Å². The fraction of sp³-hybridized carbons (Fsp3) is 0.957. The molecule has 1 rings (SSSR count). The lowest BCUT2D eigenvalue weighted by molar-refractivity contribution is -0.595. The van der Waals surface area contributed by atoms with Gasteiger partial charge < -0.3 is 0 Å². The Bertz CT molecular complexity index is 737. The normalized spacial score (nSPS) is 15.1. The van der Waals surface area contributed by atoms with Gasteiger partial charge in [-0.25, -0.2) is 9.89 Å². The van der Waals surface area contributed by atoms with E-state index < -0.39 is 0 Å². The van der Waals surface area contributed by atoms with Gasteiger partial charge in [0.15, 0.2) is 6.21 Å². The van der Waals surface area contributed by atoms with Crippen molar-refractivity contribution < 1.29 is 9.37 Å². The molecule has 0 radical (unpaired) electrons. The van der Waals surface area contributed by atoms with Crippen molar-refractivity contribution in [2.75, 3.05) is 6.54 Å². The van der Waals surface area contributed by atoms with E-state index in [0.717, 1.165) is 13.0 Å². The summed E-state index contributed by atoms with van der Waals surface area (Å²) in [4.78, 5) is 12.6. The van der Waals surface area contributed by atoms with Crippen LogP contribution in [0.4, 0.5) is 0 Å². The average Bonchev–Trinajstić information content (AvgIpc) is 3.59. The van der Waals surface area contributed by atoms with Gasteiger partial charge in [0.2, 0.25) is 18.2 Å². The van der Waals surface area contributed by atoms with E-state index in [2.05, 4.69) is 42.2 Å². The van der Waals surface area contributed by atoms with Gasteiger partial charge in [-0.3, -0.25) is 10.1 Å². The molecule has 4 heteroatoms. The molecule has 2 atom stereocenters. The van der Waals surface area contributed by atoms with Gasteiger partial charge in [-0.05, 0) is 12.8 Å². The number of hydrogen-bond donors (Lipinski definition) is 2. The molecular weight excluding hydrogens is 611 g/mol. The van der Waals surface area contributed by atoms with E-state index in [4.69, 9.17) is 0 Å². The van der Waals surface area contributed by atoms with Crippen LogP contribution in [0.25, 0.3) is 0 Å². The largest absolute Gasteiger partial charge is 0.299 e. The molecule has 1 amide bonds. The molecule has 0 aromatic heterocycles. The molecule has 0 bridgehead atoms. The summed E-state index contributed by atoms with van der Waals surface area (Å²) in [5.74, 6) is 0.223. The highest BCUT2D eigenvalue weighted by Gasteiger charge is 2.30. The minimum absolute atomic E-state index is 0.0774. The van der Waals surface area contributed by atoms with Gasteiger partial charge in [-0.15, -0.1) is 0 Å². The summed E-state index contributed by atoms with van der Waals surface area (Å²) in [6, 6.07) is 0. The molecular formula is C46H92N3O+. The van der Waals surface area contributed by atoms with E-state index in [-0.39, 0.29) is 12.1 Å². The molecule has 4 nitrogen and oxygen atoms in total. The first kappa shape index (κ1) is 47.1. The minimum atomic E-state index is 0.0774. The highest BCUT2D eigenvalue weighted by atomic mass is 16.1. The van der Waals surface area contributed by atoms with Crippen LogP contribution in [0.2, 0.25) is 0 Å². The van der Waals surface area contributed by atoms with Gasteiger partial charge >= 0.3 is 0 Å². The average molecular weight is 703 g/mol. The number of hydrogen-bond acceptors (Lipinski definition) is 2. The van der Waals surface area contributed by atoms with Crippen LogP contribution in [-0.4, -0.2) is 35.6 Å². The predicted molar refractivity (Wildman–Crippen MR) is 223 cm³/mol. The molecule has 0 spiro atoms. The van der Waals surface area contributed by atoms with Crippen molar-refractivity contribution in [3.05, 3.63) is 0 Å². The molecule has 1 heterocycles. The van der Waals surface area contributed by atoms with Crippen molar-refractivity contribution in [2.24, 2.45) is 0 Å². The van der Waals surface area contributed by atoms with Gasteiger partial charge in [-0.1, -0.05) is 232 Å². The quantitative estimate of drug-likeness (QED) is 0.0493. The number of carbonyl (C=O) groups excluding carboxylic acids is 1. The maximum absolute atomic E-state index is 12.6. The zero-order valence-electron chi connectivity index (χ0n) is 34.7. The first-order chi connectivity index (χ1) is 24.7. The zero-order chi connectivity index (χ0) is 36.0. The monoisotopic (exact) mass is 703 g/mol. The highest BCUT2D eigenvalue weighted by Crippen LogP contribution is 2.17. The molecule has 0 saturated carbocycles. The smallest absolute Gasteiger partial charge is 0.226 e. The number of nitrogens with one attached hydrogen (secondary N) is 2. The van der Waals surface area contributed by atoms with Crippen molar-refractivity contribution in [2.45, 2.75) is 277 Å². The van der Waals surface area contributed by atoms with E-state index in [1.165, 1.54) is 231 Å². The minimum Gasteiger partial charge on any atom is -0.299 e. The molecule has 0 aliphatic carbocycles. The van der Waals surface area contributed by atoms with Crippen molar-refractivity contribution in [3.63, 3.8) is 0 Å². The SMILES string of the molecule is CCCCCCCCCCCCCCCCCCCCCC1NCC=[N+]1C(C)NC(=O)CCCCCCCCCCCCCCCCCCC. The van der Waals surface area contributed by atoms with E-state index in [9.17, 15) is 4.79 Å². The maximum atomic E-state index is 12.6. The Morgan fingerprint density at radius 3 is 1.16 bits per heavy atom. The number of amides is 1. The van der Waals surface area contributed by atoms with Crippen LogP contribution in [0.1, 0.15) is 265 Å². The van der Waals surface area contributed by atoms with Crippen LogP contribution in [0.3, 0.4) is 0 Å². The third-order valence-corrected chi connectivity index (χ3v) is 11.4. The molecule has 50 heavy (non-hydrogen) atoms. The lowest BCUT2D eigenvalue weighted by Crippen LogP contribution is -2.46. The molecule has 0 fully saturated rings. The van der Waals surface area contributed by atoms with Crippen molar-refractivity contribution >= 4 is 12.1 Å². The van der Waals surface area contributed by atoms with Crippen LogP contribution >= 0.6 is 0 Å². The van der Waals surface area contributed by atoms with Crippen LogP contribution in [0, 0.1) is 0 Å². The number of nitrogens with zero attached hydrogens (tertiary/aromatic N) is 1. The second-order valence-electron chi connectivity index (χ2n) is 16.4. The highest BCUT2D eigenvalue weighted by molar-refractivity contribution is 5.76. The van der Waals surface area contributed by atoms with Crippen LogP contribution < -0.4 is 10.6 Å². The summed E-state index contributed by atoms with van der Waals surface area (Å²) in [6.07, 6.45) is 55.0. The molecule has 296 valence electrons. The fourth-order valence-electron chi connectivity index (χ4n) is 8.01. The molecule has 0 aromatic rings. The topological polar surface area (TPSA) is 44.1 Å². The summed E-state index contributed by atoms with van der Waals surface area (Å²) in [5.41, 5.74) is 0. The molecule has 2 N–H and O–H groups in total. The third-order valence-electron chi connectivity index (χ3n) is 11.4. The van der Waals surface area contributed by atoms with Gasteiger partial charge in [0.25, 0.3) is 0 Å². The Hall–Kier alpha value is -0.900. The lowest BCUT2D eigenvalue weighted by Gasteiger charge is -2.17. The lowest BCUT2D eigenvalue weighted by atomic mass is 10.0. The van der Waals surface area contributed by atoms with Crippen molar-refractivity contribution in [1.82, 2.24) is 10.6 Å². The van der Waals surface area contributed by atoms with Crippen molar-refractivity contribution in [3.8, 4) is 0 Å². The second kappa shape index (κ2) is 37.8. The van der Waals surface area contributed by atoms with E-state index in [1.807, 2.05) is 0 Å². The second-order valence-corrected chi connectivity index (χ2v) is 16.4. The van der Waals surface area contributed by atoms with Gasteiger partial charge in [0, 0.05) is 19.8 Å². The Labute approximate surface area is 315 Å². The van der Waals surface area contributed by atoms with Gasteiger partial charge in [0.05, 0.1) is 6.54 Å². The Balaban J connectivity index is 1.87. The van der Waals surface area contributed by atoms with Crippen molar-refractivity contribution in [1.29, 1.82) is 0 Å². The first-order valence-corrected chi connectivity index (χ1v) is 23.3. The van der Waals surface area contributed by atoms with Gasteiger partial charge in [0.1, 0.15) is 0 Å². The zero-order valence-corrected chi connectivity index (χ0v) is 34.7. The Morgan fingerprint density at radius 2 is 0.820 bits per heavy atom. The summed E-state index contributed by atoms with van der Waals surface area (Å²) >= 11 is 0. The van der Waals surface area contributed by atoms with Crippen LogP contribution in [0.5, 0.6) is 0 Å². The summed E-state index contributed by atoms with van der Waals surface area (Å²) < 4.78 is 2.36. The predicted octanol–water partition coefficient (Wildman–Crippen LogP) is 14.3. The number of carbonyl (C=O) groups is 1. The Kier molecular flexibility index (Phi) is 35.7. The summed E-state index contributed by atoms with van der Waals surface area (Å²) in [7, 11) is 0. The number of rotatable bonds is 40. The molecule has 1 aliphatic heterocycles. The molecule has 0 aromatic carbocycles. The first-order valence-electron chi connectivity index (χ1n) is 23.3. The Morgan fingerprint density at radius 1 is 0.520 bits per heavy atom. The van der Waals surface area contributed by atoms with E-state index >= 15 is 0 Å². The molecule has 0 saturated heterocycles. The fourth-order valence-corrected chi connectivity index (χ4v) is 8.01. The summed E-state index contributed by atoms with van der Waals surface area (Å²) in [5, 5.41) is 6.93.